The summed E-state index contributed by atoms with van der Waals surface area (Å²) in [4.78, 5) is 28.6. The Balaban J connectivity index is 1.68. The predicted molar refractivity (Wildman–Crippen MR) is 151 cm³/mol. The fourth-order valence-electron chi connectivity index (χ4n) is 3.99. The SMILES string of the molecule is CCc1ccc(N2C(=O)/C(=C/c3cc(Cl)c(OCc4ccc(F)cc4)c(OC)c3)N(CC(=O)OC)C2=S)cc1. The zero-order chi connectivity index (χ0) is 28.1. The van der Waals surface area contributed by atoms with Gasteiger partial charge in [0, 0.05) is 0 Å². The standard InChI is InChI=1S/C29H26ClFN2O5S/c1-4-18-7-11-22(12-8-18)33-28(35)24(32(29(33)39)16-26(34)37-3)14-20-13-23(30)27(25(15-20)36-2)38-17-19-5-9-21(31)10-6-19/h5-15H,4,16-17H2,1-3H3/b24-14-. The van der Waals surface area contributed by atoms with Crippen LogP contribution in [0.5, 0.6) is 11.5 Å². The first-order chi connectivity index (χ1) is 18.7. The van der Waals surface area contributed by atoms with E-state index >= 15 is 0 Å². The molecule has 0 N–H and O–H groups in total. The largest absolute Gasteiger partial charge is 0.493 e. The number of carbonyl (C=O) groups excluding carboxylic acids is 2. The Labute approximate surface area is 236 Å². The summed E-state index contributed by atoms with van der Waals surface area (Å²) in [7, 11) is 2.73. The molecule has 1 amide bonds. The predicted octanol–water partition coefficient (Wildman–Crippen LogP) is 5.78. The molecule has 0 atom stereocenters. The van der Waals surface area contributed by atoms with E-state index in [2.05, 4.69) is 0 Å². The van der Waals surface area contributed by atoms with Gasteiger partial charge >= 0.3 is 5.97 Å². The highest BCUT2D eigenvalue weighted by molar-refractivity contribution is 7.80. The maximum atomic E-state index is 13.6. The summed E-state index contributed by atoms with van der Waals surface area (Å²) < 4.78 is 29.4. The van der Waals surface area contributed by atoms with Crippen molar-refractivity contribution < 1.29 is 28.2 Å². The van der Waals surface area contributed by atoms with E-state index in [4.69, 9.17) is 38.0 Å². The van der Waals surface area contributed by atoms with E-state index in [9.17, 15) is 14.0 Å². The average molecular weight is 569 g/mol. The number of hydrogen-bond acceptors (Lipinski definition) is 6. The third-order valence-corrected chi connectivity index (χ3v) is 6.79. The zero-order valence-electron chi connectivity index (χ0n) is 21.6. The number of thiocarbonyl (C=S) groups is 1. The van der Waals surface area contributed by atoms with Crippen molar-refractivity contribution in [2.75, 3.05) is 25.7 Å². The van der Waals surface area contributed by atoms with Crippen LogP contribution in [0.3, 0.4) is 0 Å². The molecule has 0 spiro atoms. The lowest BCUT2D eigenvalue weighted by Crippen LogP contribution is -2.35. The number of methoxy groups -OCH3 is 2. The first-order valence-electron chi connectivity index (χ1n) is 12.0. The molecule has 0 radical (unpaired) electrons. The third-order valence-electron chi connectivity index (χ3n) is 6.10. The van der Waals surface area contributed by atoms with Gasteiger partial charge in [-0.3, -0.25) is 14.5 Å². The van der Waals surface area contributed by atoms with E-state index in [0.717, 1.165) is 17.5 Å². The van der Waals surface area contributed by atoms with Crippen LogP contribution < -0.4 is 14.4 Å². The number of ether oxygens (including phenoxy) is 3. The van der Waals surface area contributed by atoms with Crippen LogP contribution in [-0.2, 0) is 27.4 Å². The van der Waals surface area contributed by atoms with Crippen molar-refractivity contribution in [3.05, 3.63) is 93.9 Å². The Hall–Kier alpha value is -3.95. The minimum atomic E-state index is -0.556. The van der Waals surface area contributed by atoms with Gasteiger partial charge in [0.15, 0.2) is 16.6 Å². The van der Waals surface area contributed by atoms with E-state index in [1.54, 1.807) is 30.3 Å². The number of rotatable bonds is 9. The number of carbonyl (C=O) groups is 2. The van der Waals surface area contributed by atoms with Crippen LogP contribution in [0.15, 0.2) is 66.4 Å². The van der Waals surface area contributed by atoms with E-state index in [1.807, 2.05) is 31.2 Å². The third kappa shape index (κ3) is 6.21. The molecule has 3 aromatic rings. The van der Waals surface area contributed by atoms with Gasteiger partial charge in [-0.1, -0.05) is 42.8 Å². The highest BCUT2D eigenvalue weighted by Crippen LogP contribution is 2.38. The first kappa shape index (κ1) is 28.1. The number of anilines is 1. The average Bonchev–Trinajstić information content (AvgIpc) is 3.16. The van der Waals surface area contributed by atoms with Gasteiger partial charge in [-0.25, -0.2) is 4.39 Å². The van der Waals surface area contributed by atoms with Crippen molar-refractivity contribution in [3.8, 4) is 11.5 Å². The van der Waals surface area contributed by atoms with Crippen molar-refractivity contribution in [2.45, 2.75) is 20.0 Å². The van der Waals surface area contributed by atoms with Crippen LogP contribution in [0.1, 0.15) is 23.6 Å². The van der Waals surface area contributed by atoms with Crippen molar-refractivity contribution >= 4 is 52.6 Å². The molecule has 1 aliphatic rings. The molecule has 0 bridgehead atoms. The second-order valence-electron chi connectivity index (χ2n) is 8.58. The van der Waals surface area contributed by atoms with Crippen molar-refractivity contribution in [1.29, 1.82) is 0 Å². The van der Waals surface area contributed by atoms with Gasteiger partial charge in [-0.05, 0) is 77.8 Å². The highest BCUT2D eigenvalue weighted by atomic mass is 35.5. The summed E-state index contributed by atoms with van der Waals surface area (Å²) in [6.07, 6.45) is 2.43. The normalized spacial score (nSPS) is 14.2. The molecule has 0 aromatic heterocycles. The van der Waals surface area contributed by atoms with Gasteiger partial charge in [-0.15, -0.1) is 0 Å². The molecule has 1 fully saturated rings. The van der Waals surface area contributed by atoms with Crippen molar-refractivity contribution in [1.82, 2.24) is 4.90 Å². The molecule has 1 aliphatic heterocycles. The summed E-state index contributed by atoms with van der Waals surface area (Å²) in [5, 5.41) is 0.390. The van der Waals surface area contributed by atoms with Gasteiger partial charge in [0.25, 0.3) is 5.91 Å². The lowest BCUT2D eigenvalue weighted by molar-refractivity contribution is -0.140. The van der Waals surface area contributed by atoms with Gasteiger partial charge in [0.2, 0.25) is 0 Å². The quantitative estimate of drug-likeness (QED) is 0.184. The van der Waals surface area contributed by atoms with Crippen LogP contribution in [0.4, 0.5) is 10.1 Å². The molecular weight excluding hydrogens is 543 g/mol. The van der Waals surface area contributed by atoms with E-state index in [1.165, 1.54) is 36.2 Å². The lowest BCUT2D eigenvalue weighted by Gasteiger charge is -2.19. The van der Waals surface area contributed by atoms with Gasteiger partial charge in [0.1, 0.15) is 24.7 Å². The highest BCUT2D eigenvalue weighted by Gasteiger charge is 2.40. The molecule has 1 heterocycles. The number of benzene rings is 3. The minimum Gasteiger partial charge on any atom is -0.493 e. The summed E-state index contributed by atoms with van der Waals surface area (Å²) >= 11 is 12.2. The fraction of sp³-hybridized carbons (Fsp3) is 0.207. The molecule has 0 aliphatic carbocycles. The molecule has 0 unspecified atom stereocenters. The number of amides is 1. The Morgan fingerprint density at radius 2 is 1.72 bits per heavy atom. The maximum Gasteiger partial charge on any atom is 0.325 e. The van der Waals surface area contributed by atoms with Gasteiger partial charge < -0.3 is 19.1 Å². The van der Waals surface area contributed by atoms with Crippen LogP contribution in [0.2, 0.25) is 5.02 Å². The topological polar surface area (TPSA) is 68.3 Å². The summed E-state index contributed by atoms with van der Waals surface area (Å²) in [5.74, 6) is -0.677. The zero-order valence-corrected chi connectivity index (χ0v) is 23.1. The second-order valence-corrected chi connectivity index (χ2v) is 9.36. The van der Waals surface area contributed by atoms with Crippen LogP contribution >= 0.6 is 23.8 Å². The van der Waals surface area contributed by atoms with Crippen LogP contribution in [0, 0.1) is 5.82 Å². The molecule has 10 heteroatoms. The van der Waals surface area contributed by atoms with E-state index in [0.29, 0.717) is 22.7 Å². The smallest absolute Gasteiger partial charge is 0.325 e. The molecule has 4 rings (SSSR count). The van der Waals surface area contributed by atoms with E-state index in [-0.39, 0.29) is 34.8 Å². The number of nitrogens with zero attached hydrogens (tertiary/aromatic N) is 2. The van der Waals surface area contributed by atoms with Gasteiger partial charge in [-0.2, -0.15) is 0 Å². The Morgan fingerprint density at radius 1 is 1.05 bits per heavy atom. The number of aryl methyl sites for hydroxylation is 1. The first-order valence-corrected chi connectivity index (χ1v) is 12.8. The molecule has 1 saturated heterocycles. The summed E-state index contributed by atoms with van der Waals surface area (Å²) in [5.41, 5.74) is 3.14. The Bertz CT molecular complexity index is 1430. The molecule has 39 heavy (non-hydrogen) atoms. The summed E-state index contributed by atoms with van der Waals surface area (Å²) in [6.45, 7) is 1.93. The Morgan fingerprint density at radius 3 is 2.33 bits per heavy atom. The Kier molecular flexibility index (Phi) is 8.83. The van der Waals surface area contributed by atoms with Gasteiger partial charge in [0.05, 0.1) is 24.9 Å². The molecule has 0 saturated carbocycles. The molecular formula is C29H26ClFN2O5S. The lowest BCUT2D eigenvalue weighted by atomic mass is 10.1. The van der Waals surface area contributed by atoms with Crippen molar-refractivity contribution in [3.63, 3.8) is 0 Å². The van der Waals surface area contributed by atoms with E-state index < -0.39 is 11.9 Å². The molecule has 202 valence electrons. The number of halogens is 2. The summed E-state index contributed by atoms with van der Waals surface area (Å²) in [6, 6.07) is 16.7. The molecule has 7 nitrogen and oxygen atoms in total. The fourth-order valence-corrected chi connectivity index (χ4v) is 4.62. The molecule has 3 aromatic carbocycles. The second kappa shape index (κ2) is 12.3. The van der Waals surface area contributed by atoms with Crippen LogP contribution in [0.25, 0.3) is 6.08 Å². The minimum absolute atomic E-state index is 0.141. The monoisotopic (exact) mass is 568 g/mol. The number of esters is 1. The van der Waals surface area contributed by atoms with Crippen LogP contribution in [-0.4, -0.2) is 42.7 Å². The number of hydrogen-bond donors (Lipinski definition) is 0. The van der Waals surface area contributed by atoms with Crippen molar-refractivity contribution in [2.24, 2.45) is 0 Å². The maximum absolute atomic E-state index is 13.6.